The summed E-state index contributed by atoms with van der Waals surface area (Å²) in [5, 5.41) is 0. The van der Waals surface area contributed by atoms with Crippen molar-refractivity contribution in [1.29, 1.82) is 0 Å². The molecule has 2 nitrogen and oxygen atoms in total. The number of hydrogen-bond donors (Lipinski definition) is 1. The monoisotopic (exact) mass is 363 g/mol. The summed E-state index contributed by atoms with van der Waals surface area (Å²) in [5.74, 6) is -1.15. The predicted octanol–water partition coefficient (Wildman–Crippen LogP) is 4.86. The molecule has 0 unspecified atom stereocenters. The van der Waals surface area contributed by atoms with Gasteiger partial charge in [-0.1, -0.05) is 22.0 Å². The molecule has 0 heterocycles. The van der Waals surface area contributed by atoms with E-state index >= 15 is 0 Å². The third-order valence-corrected chi connectivity index (χ3v) is 3.49. The number of nitrogens with two attached hydrogens (primary N) is 1. The molecule has 0 saturated carbocycles. The summed E-state index contributed by atoms with van der Waals surface area (Å²) in [6, 6.07) is 7.44. The van der Waals surface area contributed by atoms with E-state index in [4.69, 9.17) is 10.5 Å². The normalized spacial score (nSPS) is 11.5. The number of alkyl halides is 3. The Morgan fingerprint density at radius 1 is 1.14 bits per heavy atom. The molecule has 0 bridgehead atoms. The molecule has 0 spiro atoms. The summed E-state index contributed by atoms with van der Waals surface area (Å²) in [6.07, 6.45) is -4.78. The molecule has 2 aromatic rings. The van der Waals surface area contributed by atoms with Crippen LogP contribution in [0.2, 0.25) is 0 Å². The Hall–Kier alpha value is -1.60. The number of ether oxygens (including phenoxy) is 1. The molecule has 0 aliphatic carbocycles. The Balaban J connectivity index is 2.39. The molecule has 0 fully saturated rings. The largest absolute Gasteiger partial charge is 0.457 e. The fourth-order valence-electron chi connectivity index (χ4n) is 1.74. The van der Waals surface area contributed by atoms with E-state index in [1.807, 2.05) is 0 Å². The number of halogens is 5. The minimum absolute atomic E-state index is 0.114. The highest BCUT2D eigenvalue weighted by Gasteiger charge is 2.34. The fraction of sp³-hybridized carbons (Fsp3) is 0.143. The molecule has 2 rings (SSSR count). The van der Waals surface area contributed by atoms with Crippen molar-refractivity contribution >= 4 is 15.9 Å². The molecule has 0 aliphatic heterocycles. The zero-order chi connectivity index (χ0) is 15.6. The zero-order valence-corrected chi connectivity index (χ0v) is 12.1. The van der Waals surface area contributed by atoms with E-state index in [1.54, 1.807) is 18.2 Å². The van der Waals surface area contributed by atoms with Gasteiger partial charge >= 0.3 is 6.18 Å². The Morgan fingerprint density at radius 2 is 1.86 bits per heavy atom. The van der Waals surface area contributed by atoms with E-state index in [-0.39, 0.29) is 12.3 Å². The van der Waals surface area contributed by atoms with Crippen molar-refractivity contribution in [3.63, 3.8) is 0 Å². The first-order valence-corrected chi connectivity index (χ1v) is 6.64. The van der Waals surface area contributed by atoms with Crippen LogP contribution in [0.5, 0.6) is 11.5 Å². The van der Waals surface area contributed by atoms with Crippen molar-refractivity contribution in [3.05, 3.63) is 57.8 Å². The molecule has 112 valence electrons. The molecule has 2 N–H and O–H groups in total. The van der Waals surface area contributed by atoms with Crippen molar-refractivity contribution in [2.45, 2.75) is 12.7 Å². The fourth-order valence-corrected chi connectivity index (χ4v) is 2.25. The van der Waals surface area contributed by atoms with E-state index in [9.17, 15) is 17.6 Å². The zero-order valence-electron chi connectivity index (χ0n) is 10.5. The first kappa shape index (κ1) is 15.8. The Morgan fingerprint density at radius 3 is 2.48 bits per heavy atom. The smallest absolute Gasteiger partial charge is 0.419 e. The van der Waals surface area contributed by atoms with Crippen LogP contribution >= 0.6 is 15.9 Å². The Kier molecular flexibility index (Phi) is 4.53. The highest BCUT2D eigenvalue weighted by Crippen LogP contribution is 2.36. The highest BCUT2D eigenvalue weighted by molar-refractivity contribution is 9.10. The van der Waals surface area contributed by atoms with Crippen LogP contribution in [0.1, 0.15) is 11.1 Å². The molecular weight excluding hydrogens is 354 g/mol. The second kappa shape index (κ2) is 6.03. The lowest BCUT2D eigenvalue weighted by Crippen LogP contribution is -2.08. The number of benzene rings is 2. The van der Waals surface area contributed by atoms with Crippen LogP contribution in [0.4, 0.5) is 17.6 Å². The van der Waals surface area contributed by atoms with Gasteiger partial charge in [-0.05, 0) is 30.3 Å². The average molecular weight is 364 g/mol. The van der Waals surface area contributed by atoms with Crippen molar-refractivity contribution in [2.24, 2.45) is 5.73 Å². The van der Waals surface area contributed by atoms with Gasteiger partial charge in [-0.3, -0.25) is 0 Å². The van der Waals surface area contributed by atoms with Crippen molar-refractivity contribution in [2.75, 3.05) is 0 Å². The van der Waals surface area contributed by atoms with E-state index in [2.05, 4.69) is 15.9 Å². The van der Waals surface area contributed by atoms with Crippen molar-refractivity contribution < 1.29 is 22.3 Å². The standard InChI is InChI=1S/C14H10BrF4NO/c15-11-2-1-3-13(9(11)7-20)21-8-4-5-12(16)10(6-8)14(17,18)19/h1-6H,7,20H2. The van der Waals surface area contributed by atoms with Gasteiger partial charge in [0.2, 0.25) is 0 Å². The van der Waals surface area contributed by atoms with Crippen LogP contribution in [0.15, 0.2) is 40.9 Å². The first-order chi connectivity index (χ1) is 9.82. The van der Waals surface area contributed by atoms with Gasteiger partial charge in [0.1, 0.15) is 17.3 Å². The van der Waals surface area contributed by atoms with Crippen LogP contribution in [-0.2, 0) is 12.7 Å². The van der Waals surface area contributed by atoms with Crippen LogP contribution < -0.4 is 10.5 Å². The third kappa shape index (κ3) is 3.54. The van der Waals surface area contributed by atoms with E-state index in [0.717, 1.165) is 12.1 Å². The quantitative estimate of drug-likeness (QED) is 0.790. The second-order valence-electron chi connectivity index (χ2n) is 4.16. The molecule has 21 heavy (non-hydrogen) atoms. The van der Waals surface area contributed by atoms with E-state index in [0.29, 0.717) is 21.9 Å². The SMILES string of the molecule is NCc1c(Br)cccc1Oc1ccc(F)c(C(F)(F)F)c1. The third-order valence-electron chi connectivity index (χ3n) is 2.75. The summed E-state index contributed by atoms with van der Waals surface area (Å²) >= 11 is 3.28. The van der Waals surface area contributed by atoms with Gasteiger partial charge in [-0.15, -0.1) is 0 Å². The van der Waals surface area contributed by atoms with Crippen LogP contribution in [0, 0.1) is 5.82 Å². The summed E-state index contributed by atoms with van der Waals surface area (Å²) in [7, 11) is 0. The van der Waals surface area contributed by atoms with Crippen molar-refractivity contribution in [3.8, 4) is 11.5 Å². The van der Waals surface area contributed by atoms with Crippen LogP contribution in [0.3, 0.4) is 0 Å². The Bertz CT molecular complexity index is 658. The van der Waals surface area contributed by atoms with Crippen LogP contribution in [-0.4, -0.2) is 0 Å². The van der Waals surface area contributed by atoms with Gasteiger partial charge in [0, 0.05) is 16.6 Å². The van der Waals surface area contributed by atoms with Gasteiger partial charge in [-0.25, -0.2) is 4.39 Å². The molecule has 0 amide bonds. The lowest BCUT2D eigenvalue weighted by atomic mass is 10.2. The maximum Gasteiger partial charge on any atom is 0.419 e. The second-order valence-corrected chi connectivity index (χ2v) is 5.02. The Labute approximate surface area is 126 Å². The predicted molar refractivity (Wildman–Crippen MR) is 73.5 cm³/mol. The van der Waals surface area contributed by atoms with Gasteiger partial charge in [0.05, 0.1) is 5.56 Å². The highest BCUT2D eigenvalue weighted by atomic mass is 79.9. The number of rotatable bonds is 3. The molecule has 0 saturated heterocycles. The molecule has 2 aromatic carbocycles. The van der Waals surface area contributed by atoms with Gasteiger partial charge in [-0.2, -0.15) is 13.2 Å². The van der Waals surface area contributed by atoms with Gasteiger partial charge < -0.3 is 10.5 Å². The molecule has 7 heteroatoms. The lowest BCUT2D eigenvalue weighted by Gasteiger charge is -2.13. The summed E-state index contributed by atoms with van der Waals surface area (Å²) in [5.41, 5.74) is 4.81. The molecule has 0 aromatic heterocycles. The lowest BCUT2D eigenvalue weighted by molar-refractivity contribution is -0.140. The molecule has 0 radical (unpaired) electrons. The first-order valence-electron chi connectivity index (χ1n) is 5.85. The summed E-state index contributed by atoms with van der Waals surface area (Å²) < 4.78 is 57.2. The van der Waals surface area contributed by atoms with Crippen LogP contribution in [0.25, 0.3) is 0 Å². The van der Waals surface area contributed by atoms with Crippen molar-refractivity contribution in [1.82, 2.24) is 0 Å². The molecule has 0 aliphatic rings. The van der Waals surface area contributed by atoms with E-state index < -0.39 is 17.6 Å². The average Bonchev–Trinajstić information content (AvgIpc) is 2.40. The van der Waals surface area contributed by atoms with Gasteiger partial charge in [0.25, 0.3) is 0 Å². The minimum Gasteiger partial charge on any atom is -0.457 e. The molecule has 0 atom stereocenters. The number of hydrogen-bond acceptors (Lipinski definition) is 2. The maximum atomic E-state index is 13.2. The topological polar surface area (TPSA) is 35.2 Å². The molecular formula is C14H10BrF4NO. The summed E-state index contributed by atoms with van der Waals surface area (Å²) in [6.45, 7) is 0.143. The van der Waals surface area contributed by atoms with Gasteiger partial charge in [0.15, 0.2) is 0 Å². The summed E-state index contributed by atoms with van der Waals surface area (Å²) in [4.78, 5) is 0. The maximum absolute atomic E-state index is 13.2. The minimum atomic E-state index is -4.78. The van der Waals surface area contributed by atoms with E-state index in [1.165, 1.54) is 0 Å².